The molecule has 1 aliphatic heterocycles. The van der Waals surface area contributed by atoms with Gasteiger partial charge in [-0.1, -0.05) is 182 Å². The van der Waals surface area contributed by atoms with E-state index >= 15 is 0 Å². The van der Waals surface area contributed by atoms with Gasteiger partial charge >= 0.3 is 0 Å². The van der Waals surface area contributed by atoms with E-state index in [0.29, 0.717) is 13.2 Å². The van der Waals surface area contributed by atoms with Crippen LogP contribution in [-0.2, 0) is 13.6 Å². The Labute approximate surface area is 322 Å². The average molecular weight is 749 g/mol. The minimum atomic E-state index is -2.84. The molecule has 1 saturated heterocycles. The fraction of sp³-hybridized carbons (Fsp3) is 0.447. The molecule has 0 aromatic heterocycles. The Morgan fingerprint density at radius 1 is 0.736 bits per heavy atom. The highest BCUT2D eigenvalue weighted by Crippen LogP contribution is 2.43. The van der Waals surface area contributed by atoms with E-state index in [1.165, 1.54) is 26.3 Å². The fourth-order valence-electron chi connectivity index (χ4n) is 8.47. The molecule has 4 nitrogen and oxygen atoms in total. The van der Waals surface area contributed by atoms with E-state index in [-0.39, 0.29) is 28.7 Å². The first-order chi connectivity index (χ1) is 25.3. The van der Waals surface area contributed by atoms with Crippen molar-refractivity contribution in [2.75, 3.05) is 19.8 Å². The molecular weight excluding hydrogens is 685 g/mol. The Morgan fingerprint density at radius 3 is 1.58 bits per heavy atom. The molecule has 53 heavy (non-hydrogen) atoms. The van der Waals surface area contributed by atoms with Crippen molar-refractivity contribution >= 4 is 37.4 Å². The predicted molar refractivity (Wildman–Crippen MR) is 228 cm³/mol. The molecule has 0 spiro atoms. The second-order valence-electron chi connectivity index (χ2n) is 17.4. The summed E-state index contributed by atoms with van der Waals surface area (Å²) in [5, 5.41) is 14.7. The molecule has 1 fully saturated rings. The van der Waals surface area contributed by atoms with E-state index in [1.807, 2.05) is 0 Å². The van der Waals surface area contributed by atoms with Gasteiger partial charge in [0.05, 0.1) is 24.9 Å². The molecule has 4 aromatic rings. The molecule has 4 aromatic carbocycles. The van der Waals surface area contributed by atoms with Gasteiger partial charge in [-0.3, -0.25) is 0 Å². The van der Waals surface area contributed by atoms with Crippen LogP contribution >= 0.6 is 0 Å². The van der Waals surface area contributed by atoms with Gasteiger partial charge in [-0.15, -0.1) is 0 Å². The summed E-state index contributed by atoms with van der Waals surface area (Å²) in [6.45, 7) is 19.7. The largest absolute Gasteiger partial charge is 0.404 e. The molecule has 0 aliphatic carbocycles. The number of aliphatic hydroxyl groups is 1. The second-order valence-corrected chi connectivity index (χ2v) is 26.0. The molecule has 6 heteroatoms. The molecule has 0 bridgehead atoms. The van der Waals surface area contributed by atoms with Crippen molar-refractivity contribution in [3.8, 4) is 0 Å². The van der Waals surface area contributed by atoms with Crippen molar-refractivity contribution in [2.45, 2.75) is 109 Å². The monoisotopic (exact) mass is 748 g/mol. The first kappa shape index (κ1) is 41.1. The van der Waals surface area contributed by atoms with Crippen LogP contribution in [0.3, 0.4) is 0 Å². The van der Waals surface area contributed by atoms with Crippen molar-refractivity contribution in [1.29, 1.82) is 0 Å². The summed E-state index contributed by atoms with van der Waals surface area (Å²) < 4.78 is 22.3. The number of benzene rings is 4. The first-order valence-corrected chi connectivity index (χ1v) is 23.5. The highest BCUT2D eigenvalue weighted by Gasteiger charge is 2.54. The molecule has 1 aliphatic rings. The van der Waals surface area contributed by atoms with Gasteiger partial charge in [-0.05, 0) is 74.9 Å². The fourth-order valence-corrected chi connectivity index (χ4v) is 17.8. The van der Waals surface area contributed by atoms with Gasteiger partial charge in [0.1, 0.15) is 0 Å². The van der Waals surface area contributed by atoms with Gasteiger partial charge in [-0.2, -0.15) is 0 Å². The molecule has 0 amide bonds. The summed E-state index contributed by atoms with van der Waals surface area (Å²) in [7, 11) is -5.52. The van der Waals surface area contributed by atoms with Crippen LogP contribution in [0.4, 0.5) is 0 Å². The van der Waals surface area contributed by atoms with E-state index in [4.69, 9.17) is 13.6 Å². The van der Waals surface area contributed by atoms with Crippen molar-refractivity contribution in [2.24, 2.45) is 5.92 Å². The quantitative estimate of drug-likeness (QED) is 0.104. The van der Waals surface area contributed by atoms with Gasteiger partial charge in [0.15, 0.2) is 0 Å². The molecule has 1 heterocycles. The zero-order chi connectivity index (χ0) is 38.2. The normalized spacial score (nSPS) is 20.2. The van der Waals surface area contributed by atoms with Gasteiger partial charge < -0.3 is 18.7 Å². The van der Waals surface area contributed by atoms with Crippen molar-refractivity contribution in [3.05, 3.63) is 133 Å². The highest BCUT2D eigenvalue weighted by atomic mass is 28.4. The summed E-state index contributed by atoms with van der Waals surface area (Å²) in [5.74, 6) is 0.259. The van der Waals surface area contributed by atoms with Crippen molar-refractivity contribution in [1.82, 2.24) is 0 Å². The lowest BCUT2D eigenvalue weighted by molar-refractivity contribution is -0.0980. The zero-order valence-corrected chi connectivity index (χ0v) is 35.6. The lowest BCUT2D eigenvalue weighted by Gasteiger charge is -2.48. The van der Waals surface area contributed by atoms with Crippen LogP contribution < -0.4 is 20.7 Å². The SMILES string of the molecule is CC(CO)CCC[C@]1(C)OCC(=CCO[Si](c2ccccc2)(c2ccccc2)C(C)(C)C)CC[C@@H]1O[Si](c1ccccc1)(c1ccccc1)C(C)(C)C. The number of ether oxygens (including phenoxy) is 1. The van der Waals surface area contributed by atoms with Gasteiger partial charge in [0.2, 0.25) is 0 Å². The van der Waals surface area contributed by atoms with Crippen LogP contribution in [0.25, 0.3) is 0 Å². The van der Waals surface area contributed by atoms with Crippen LogP contribution in [0.5, 0.6) is 0 Å². The third kappa shape index (κ3) is 9.07. The molecule has 0 saturated carbocycles. The van der Waals surface area contributed by atoms with E-state index in [0.717, 1.165) is 32.1 Å². The predicted octanol–water partition coefficient (Wildman–Crippen LogP) is 8.80. The molecule has 1 N–H and O–H groups in total. The summed E-state index contributed by atoms with van der Waals surface area (Å²) in [4.78, 5) is 0. The van der Waals surface area contributed by atoms with Gasteiger partial charge in [0, 0.05) is 6.61 Å². The van der Waals surface area contributed by atoms with E-state index in [1.54, 1.807) is 0 Å². The first-order valence-electron chi connectivity index (χ1n) is 19.7. The summed E-state index contributed by atoms with van der Waals surface area (Å²) >= 11 is 0. The smallest absolute Gasteiger partial charge is 0.261 e. The molecule has 3 atom stereocenters. The van der Waals surface area contributed by atoms with E-state index in [2.05, 4.69) is 183 Å². The third-order valence-electron chi connectivity index (χ3n) is 11.5. The maximum Gasteiger partial charge on any atom is 0.261 e. The minimum absolute atomic E-state index is 0.0901. The molecule has 284 valence electrons. The molecule has 5 rings (SSSR count). The minimum Gasteiger partial charge on any atom is -0.404 e. The Hall–Kier alpha value is -3.11. The molecular formula is C47H64O4Si2. The Kier molecular flexibility index (Phi) is 13.6. The maximum absolute atomic E-state index is 9.83. The second kappa shape index (κ2) is 17.6. The van der Waals surface area contributed by atoms with Crippen molar-refractivity contribution in [3.63, 3.8) is 0 Å². The number of rotatable bonds is 14. The van der Waals surface area contributed by atoms with E-state index < -0.39 is 22.2 Å². The van der Waals surface area contributed by atoms with Crippen LogP contribution in [0, 0.1) is 5.92 Å². The van der Waals surface area contributed by atoms with Crippen LogP contribution in [-0.4, -0.2) is 53.3 Å². The van der Waals surface area contributed by atoms with E-state index in [9.17, 15) is 5.11 Å². The lowest BCUT2D eigenvalue weighted by Crippen LogP contribution is -2.69. The number of hydrogen-bond donors (Lipinski definition) is 1. The highest BCUT2D eigenvalue weighted by molar-refractivity contribution is 7.00. The standard InChI is InChI=1S/C47H64O4Si2/c1-38(36-48)22-21-34-47(8)44(51-53(46(5,6)7,42-27-17-11-18-28-42)43-29-19-12-20-30-43)32-31-39(37-49-47)33-35-50-52(45(2,3)4,40-23-13-9-14-24-40)41-25-15-10-16-26-41/h9-20,23-30,33,38,44,48H,21-22,31-32,34-37H2,1-8H3/t38?,44-,47-/m0/s1. The Balaban J connectivity index is 1.51. The molecule has 1 unspecified atom stereocenters. The summed E-state index contributed by atoms with van der Waals surface area (Å²) in [5.41, 5.74) is 0.767. The van der Waals surface area contributed by atoms with Gasteiger partial charge in [0.25, 0.3) is 16.6 Å². The number of aliphatic hydroxyl groups excluding tert-OH is 1. The van der Waals surface area contributed by atoms with Crippen LogP contribution in [0.2, 0.25) is 10.1 Å². The maximum atomic E-state index is 9.83. The van der Waals surface area contributed by atoms with Crippen LogP contribution in [0.1, 0.15) is 87.5 Å². The third-order valence-corrected chi connectivity index (χ3v) is 21.6. The topological polar surface area (TPSA) is 47.9 Å². The Morgan fingerprint density at radius 2 is 1.17 bits per heavy atom. The van der Waals surface area contributed by atoms with Gasteiger partial charge in [-0.25, -0.2) is 0 Å². The zero-order valence-electron chi connectivity index (χ0n) is 33.6. The van der Waals surface area contributed by atoms with Crippen LogP contribution in [0.15, 0.2) is 133 Å². The molecule has 0 radical (unpaired) electrons. The average Bonchev–Trinajstić information content (AvgIpc) is 3.30. The summed E-state index contributed by atoms with van der Waals surface area (Å²) in [6, 6.07) is 43.7. The number of hydrogen-bond acceptors (Lipinski definition) is 4. The van der Waals surface area contributed by atoms with Crippen molar-refractivity contribution < 1.29 is 18.7 Å². The summed E-state index contributed by atoms with van der Waals surface area (Å²) in [6.07, 6.45) is 6.72. The Bertz CT molecular complexity index is 1640. The lowest BCUT2D eigenvalue weighted by atomic mass is 9.88.